The summed E-state index contributed by atoms with van der Waals surface area (Å²) in [6.45, 7) is 6.39. The van der Waals surface area contributed by atoms with Crippen LogP contribution in [-0.2, 0) is 56.0 Å². The van der Waals surface area contributed by atoms with Crippen molar-refractivity contribution >= 4 is 74.8 Å². The third-order valence-electron chi connectivity index (χ3n) is 13.5. The number of nitrogens with zero attached hydrogens (tertiary/aromatic N) is 1. The number of hydrogen-bond acceptors (Lipinski definition) is 14. The van der Waals surface area contributed by atoms with Crippen molar-refractivity contribution in [2.24, 2.45) is 23.1 Å². The van der Waals surface area contributed by atoms with E-state index in [1.54, 1.807) is 62.4 Å². The van der Waals surface area contributed by atoms with Crippen molar-refractivity contribution in [1.82, 2.24) is 42.1 Å². The van der Waals surface area contributed by atoms with E-state index in [9.17, 15) is 43.2 Å². The molecule has 2 aromatic carbocycles. The highest BCUT2D eigenvalue weighted by Crippen LogP contribution is 2.48. The van der Waals surface area contributed by atoms with Gasteiger partial charge >= 0.3 is 0 Å². The summed E-state index contributed by atoms with van der Waals surface area (Å²) in [5.41, 5.74) is 18.5. The Labute approximate surface area is 447 Å². The van der Waals surface area contributed by atoms with E-state index in [2.05, 4.69) is 37.2 Å². The molecule has 1 spiro atoms. The summed E-state index contributed by atoms with van der Waals surface area (Å²) < 4.78 is 4.98. The molecule has 7 atom stereocenters. The number of amides is 9. The Bertz CT molecular complexity index is 2270. The van der Waals surface area contributed by atoms with Crippen molar-refractivity contribution in [3.05, 3.63) is 65.7 Å². The molecule has 1 saturated carbocycles. The summed E-state index contributed by atoms with van der Waals surface area (Å²) in [5, 5.41) is 19.5. The molecule has 0 unspecified atom stereocenters. The molecular weight excluding hydrogens is 1000 g/mol. The van der Waals surface area contributed by atoms with Crippen molar-refractivity contribution in [2.75, 3.05) is 38.5 Å². The molecule has 5 rings (SSSR count). The van der Waals surface area contributed by atoms with Gasteiger partial charge in [0.05, 0.1) is 19.1 Å². The average Bonchev–Trinajstić information content (AvgIpc) is 3.88. The fraction of sp³-hybridized carbons (Fsp3) is 0.596. The lowest BCUT2D eigenvalue weighted by Crippen LogP contribution is -2.61. The summed E-state index contributed by atoms with van der Waals surface area (Å²) in [6, 6.07) is 7.87. The molecule has 2 aliphatic heterocycles. The molecule has 23 heteroatoms. The number of likely N-dealkylation sites (tertiary alicyclic amines) is 1. The largest absolute Gasteiger partial charge is 0.494 e. The Morgan fingerprint density at radius 2 is 1.41 bits per heavy atom. The van der Waals surface area contributed by atoms with Crippen molar-refractivity contribution in [1.29, 1.82) is 0 Å². The molecule has 2 heterocycles. The molecule has 21 nitrogen and oxygen atoms in total. The van der Waals surface area contributed by atoms with Crippen LogP contribution in [0.25, 0.3) is 0 Å². The molecule has 3 fully saturated rings. The Morgan fingerprint density at radius 3 is 2.07 bits per heavy atom. The third kappa shape index (κ3) is 18.7. The maximum Gasteiger partial charge on any atom is 0.246 e. The number of primary amides is 1. The Kier molecular flexibility index (Phi) is 24.0. The van der Waals surface area contributed by atoms with Gasteiger partial charge in [-0.25, -0.2) is 0 Å². The van der Waals surface area contributed by atoms with Gasteiger partial charge in [0.1, 0.15) is 42.0 Å². The first-order valence-corrected chi connectivity index (χ1v) is 28.4. The highest BCUT2D eigenvalue weighted by molar-refractivity contribution is 8.77. The number of rotatable bonds is 18. The maximum absolute atomic E-state index is 14.7. The first-order valence-electron chi connectivity index (χ1n) is 26.1. The van der Waals surface area contributed by atoms with Crippen LogP contribution < -0.4 is 59.2 Å². The monoisotopic (exact) mass is 1080 g/mol. The van der Waals surface area contributed by atoms with E-state index in [1.165, 1.54) is 26.5 Å². The molecule has 3 aliphatic rings. The summed E-state index contributed by atoms with van der Waals surface area (Å²) in [5.74, 6) is -5.88. The van der Waals surface area contributed by atoms with E-state index in [0.717, 1.165) is 24.8 Å². The van der Waals surface area contributed by atoms with E-state index < -0.39 is 107 Å². The zero-order valence-electron chi connectivity index (χ0n) is 43.3. The second kappa shape index (κ2) is 30.0. The van der Waals surface area contributed by atoms with Gasteiger partial charge in [0.2, 0.25) is 53.2 Å². The van der Waals surface area contributed by atoms with Gasteiger partial charge in [0.25, 0.3) is 0 Å². The van der Waals surface area contributed by atoms with Crippen molar-refractivity contribution in [3.63, 3.8) is 0 Å². The number of benzene rings is 2. The molecule has 2 saturated heterocycles. The highest BCUT2D eigenvalue weighted by atomic mass is 33.1. The zero-order chi connectivity index (χ0) is 54.5. The molecular formula is C52H77N11O10S2. The van der Waals surface area contributed by atoms with Crippen LogP contribution in [0.15, 0.2) is 54.6 Å². The van der Waals surface area contributed by atoms with Crippen LogP contribution in [0.4, 0.5) is 0 Å². The van der Waals surface area contributed by atoms with Crippen LogP contribution in [0, 0.1) is 5.92 Å². The molecule has 2 aromatic rings. The Balaban J connectivity index is 1.47. The minimum atomic E-state index is -1.60. The van der Waals surface area contributed by atoms with Crippen LogP contribution in [0.2, 0.25) is 0 Å². The van der Waals surface area contributed by atoms with Crippen molar-refractivity contribution < 1.29 is 47.9 Å². The molecule has 13 N–H and O–H groups in total. The normalized spacial score (nSPS) is 23.7. The van der Waals surface area contributed by atoms with E-state index in [1.807, 2.05) is 13.0 Å². The van der Waals surface area contributed by atoms with Crippen molar-refractivity contribution in [3.8, 4) is 5.75 Å². The topological polar surface area (TPSA) is 328 Å². The molecule has 1 aliphatic carbocycles. The van der Waals surface area contributed by atoms with Gasteiger partial charge < -0.3 is 64.1 Å². The summed E-state index contributed by atoms with van der Waals surface area (Å²) in [7, 11) is 2.69. The van der Waals surface area contributed by atoms with Crippen molar-refractivity contribution in [2.45, 2.75) is 151 Å². The van der Waals surface area contributed by atoms with Gasteiger partial charge in [-0.15, -0.1) is 0 Å². The lowest BCUT2D eigenvalue weighted by Gasteiger charge is -2.37. The Morgan fingerprint density at radius 1 is 0.787 bits per heavy atom. The van der Waals surface area contributed by atoms with E-state index in [4.69, 9.17) is 21.9 Å². The second-order valence-corrected chi connectivity index (χ2v) is 22.6. The maximum atomic E-state index is 14.7. The van der Waals surface area contributed by atoms with Gasteiger partial charge in [-0.3, -0.25) is 43.2 Å². The zero-order valence-corrected chi connectivity index (χ0v) is 45.0. The molecule has 0 bridgehead atoms. The van der Waals surface area contributed by atoms with Gasteiger partial charge in [0, 0.05) is 49.4 Å². The first-order chi connectivity index (χ1) is 35.9. The SMILES string of the molecule is CCOc1ccc(C[C@H]2NC(=O)CC3(CCCCC3)SSC[C@@H](C(=O)N3CCC[C@H]3C(=O)NCCNC(=O)[C@H](N)CCCN)NC(=O)[C@H](CC(N)=O)NC(=O)[C@H](C(C)C)NC(=O)[C@H](Cc3ccccc3)NC2=O)cc1. The van der Waals surface area contributed by atoms with Crippen LogP contribution >= 0.6 is 21.6 Å². The quantitative estimate of drug-likeness (QED) is 0.0723. The number of nitrogens with two attached hydrogens (primary N) is 3. The summed E-state index contributed by atoms with van der Waals surface area (Å²) in [6.07, 6.45) is 5.05. The van der Waals surface area contributed by atoms with E-state index in [0.29, 0.717) is 63.0 Å². The van der Waals surface area contributed by atoms with Crippen LogP contribution in [-0.4, -0.2) is 144 Å². The first kappa shape index (κ1) is 60.0. The third-order valence-corrected chi connectivity index (χ3v) is 16.8. The Hall–Kier alpha value is -5.91. The molecule has 0 radical (unpaired) electrons. The highest BCUT2D eigenvalue weighted by Gasteiger charge is 2.42. The van der Waals surface area contributed by atoms with E-state index in [-0.39, 0.29) is 50.6 Å². The summed E-state index contributed by atoms with van der Waals surface area (Å²) in [4.78, 5) is 127. The molecule has 0 aromatic heterocycles. The number of ether oxygens (including phenoxy) is 1. The predicted molar refractivity (Wildman–Crippen MR) is 287 cm³/mol. The van der Waals surface area contributed by atoms with Gasteiger partial charge in [-0.2, -0.15) is 0 Å². The molecule has 75 heavy (non-hydrogen) atoms. The number of carbonyl (C=O) groups excluding carboxylic acids is 9. The average molecular weight is 1080 g/mol. The second-order valence-electron chi connectivity index (χ2n) is 19.8. The van der Waals surface area contributed by atoms with Crippen LogP contribution in [0.3, 0.4) is 0 Å². The van der Waals surface area contributed by atoms with Crippen LogP contribution in [0.5, 0.6) is 5.75 Å². The minimum absolute atomic E-state index is 0.00781. The lowest BCUT2D eigenvalue weighted by atomic mass is 9.85. The standard InChI is InChI=1S/C52H77N11O10S2/c1-4-73-35-19-17-34(18-20-35)28-37-46(67)59-38(27-33-13-7-5-8-14-33)48(69)62-44(32(2)3)50(71)60-39(29-42(55)64)47(68)61-40(31-74-75-52(30-43(65)58-37)21-9-6-10-22-52)51(72)63-26-12-16-41(63)49(70)57-25-24-56-45(66)36(54)15-11-23-53/h5,7-8,13-14,17-20,32,36-41,44H,4,6,9-12,15-16,21-31,53-54H2,1-3H3,(H2,55,64)(H,56,66)(H,57,70)(H,58,65)(H,59,67)(H,60,71)(H,61,68)(H,62,69)/t36-,37-,38+,39+,40+,41+,44+/m1/s1. The van der Waals surface area contributed by atoms with Gasteiger partial charge in [-0.05, 0) is 81.2 Å². The summed E-state index contributed by atoms with van der Waals surface area (Å²) >= 11 is 0. The fourth-order valence-corrected chi connectivity index (χ4v) is 12.8. The number of nitrogens with one attached hydrogen (secondary N) is 7. The van der Waals surface area contributed by atoms with Crippen LogP contribution in [0.1, 0.15) is 103 Å². The number of hydrogen-bond donors (Lipinski definition) is 10. The van der Waals surface area contributed by atoms with Gasteiger partial charge in [-0.1, -0.05) is 97.2 Å². The lowest BCUT2D eigenvalue weighted by molar-refractivity contribution is -0.141. The van der Waals surface area contributed by atoms with Gasteiger partial charge in [0.15, 0.2) is 0 Å². The molecule has 412 valence electrons. The van der Waals surface area contributed by atoms with E-state index >= 15 is 0 Å². The predicted octanol–water partition coefficient (Wildman–Crippen LogP) is 0.603. The minimum Gasteiger partial charge on any atom is -0.494 e. The fourth-order valence-electron chi connectivity index (χ4n) is 9.42. The number of carbonyl (C=O) groups is 9. The smallest absolute Gasteiger partial charge is 0.246 e. The molecule has 9 amide bonds.